The smallest absolute Gasteiger partial charge is 0.382 e. The first kappa shape index (κ1) is 16.3. The summed E-state index contributed by atoms with van der Waals surface area (Å²) in [5.41, 5.74) is 5.18. The van der Waals surface area contributed by atoms with E-state index in [0.29, 0.717) is 12.2 Å². The molecule has 0 aliphatic heterocycles. The van der Waals surface area contributed by atoms with Crippen molar-refractivity contribution in [3.05, 3.63) is 29.3 Å². The first-order valence-electron chi connectivity index (χ1n) is 6.40. The molecule has 6 heteroatoms. The van der Waals surface area contributed by atoms with Crippen LogP contribution in [0.2, 0.25) is 0 Å². The lowest BCUT2D eigenvalue weighted by Gasteiger charge is -2.27. The van der Waals surface area contributed by atoms with Crippen molar-refractivity contribution in [2.45, 2.75) is 38.4 Å². The number of hydrogen-bond donors (Lipinski definition) is 2. The molecule has 0 fully saturated rings. The Morgan fingerprint density at radius 1 is 1.25 bits per heavy atom. The molecule has 0 amide bonds. The fourth-order valence-electron chi connectivity index (χ4n) is 1.74. The van der Waals surface area contributed by atoms with Gasteiger partial charge in [0, 0.05) is 12.1 Å². The van der Waals surface area contributed by atoms with Crippen LogP contribution in [0.5, 0.6) is 0 Å². The molecule has 0 atom stereocenters. The molecule has 3 nitrogen and oxygen atoms in total. The highest BCUT2D eigenvalue weighted by atomic mass is 19.4. The number of nitrogens with zero attached hydrogens (tertiary/aromatic N) is 1. The molecule has 20 heavy (non-hydrogen) atoms. The largest absolute Gasteiger partial charge is 0.416 e. The van der Waals surface area contributed by atoms with Gasteiger partial charge in [-0.15, -0.1) is 0 Å². The molecule has 1 aromatic carbocycles. The van der Waals surface area contributed by atoms with Crippen LogP contribution in [0.25, 0.3) is 0 Å². The van der Waals surface area contributed by atoms with Gasteiger partial charge in [0.15, 0.2) is 0 Å². The van der Waals surface area contributed by atoms with Gasteiger partial charge in [-0.2, -0.15) is 18.4 Å². The van der Waals surface area contributed by atoms with E-state index in [9.17, 15) is 13.2 Å². The normalized spacial score (nSPS) is 12.1. The van der Waals surface area contributed by atoms with Crippen LogP contribution in [0, 0.1) is 11.3 Å². The van der Waals surface area contributed by atoms with Gasteiger partial charge in [-0.1, -0.05) is 13.8 Å². The first-order chi connectivity index (χ1) is 9.25. The van der Waals surface area contributed by atoms with E-state index in [1.165, 1.54) is 6.07 Å². The van der Waals surface area contributed by atoms with Crippen LogP contribution >= 0.6 is 0 Å². The summed E-state index contributed by atoms with van der Waals surface area (Å²) in [5, 5.41) is 11.9. The van der Waals surface area contributed by atoms with Crippen LogP contribution in [0.3, 0.4) is 0 Å². The summed E-state index contributed by atoms with van der Waals surface area (Å²) < 4.78 is 37.7. The lowest BCUT2D eigenvalue weighted by molar-refractivity contribution is -0.137. The van der Waals surface area contributed by atoms with Gasteiger partial charge in [0.05, 0.1) is 16.8 Å². The molecular formula is C14H18F3N3. The second-order valence-electron chi connectivity index (χ2n) is 4.79. The van der Waals surface area contributed by atoms with E-state index in [-0.39, 0.29) is 5.56 Å². The summed E-state index contributed by atoms with van der Waals surface area (Å²) in [6, 6.07) is 4.85. The average molecular weight is 285 g/mol. The van der Waals surface area contributed by atoms with Crippen LogP contribution in [0.4, 0.5) is 18.9 Å². The molecule has 0 aromatic heterocycles. The molecule has 0 saturated heterocycles. The molecule has 0 unspecified atom stereocenters. The van der Waals surface area contributed by atoms with Crippen molar-refractivity contribution in [3.8, 4) is 6.07 Å². The Morgan fingerprint density at radius 3 is 2.30 bits per heavy atom. The maximum atomic E-state index is 12.6. The zero-order valence-corrected chi connectivity index (χ0v) is 11.5. The van der Waals surface area contributed by atoms with Crippen molar-refractivity contribution in [2.75, 3.05) is 11.9 Å². The zero-order chi connectivity index (χ0) is 15.4. The minimum Gasteiger partial charge on any atom is -0.382 e. The SMILES string of the molecule is CCC(N)(CC)CNc1ccc(C(F)(F)F)cc1C#N. The van der Waals surface area contributed by atoms with E-state index in [4.69, 9.17) is 11.0 Å². The highest BCUT2D eigenvalue weighted by Gasteiger charge is 2.31. The van der Waals surface area contributed by atoms with E-state index in [2.05, 4.69) is 5.32 Å². The Hall–Kier alpha value is -1.74. The second kappa shape index (κ2) is 6.14. The van der Waals surface area contributed by atoms with Gasteiger partial charge < -0.3 is 11.1 Å². The number of rotatable bonds is 5. The van der Waals surface area contributed by atoms with Crippen molar-refractivity contribution in [1.82, 2.24) is 0 Å². The van der Waals surface area contributed by atoms with Gasteiger partial charge in [0.1, 0.15) is 6.07 Å². The number of anilines is 1. The second-order valence-corrected chi connectivity index (χ2v) is 4.79. The maximum Gasteiger partial charge on any atom is 0.416 e. The van der Waals surface area contributed by atoms with Gasteiger partial charge in [-0.3, -0.25) is 0 Å². The van der Waals surface area contributed by atoms with Crippen LogP contribution < -0.4 is 11.1 Å². The summed E-state index contributed by atoms with van der Waals surface area (Å²) in [6.45, 7) is 4.30. The summed E-state index contributed by atoms with van der Waals surface area (Å²) in [7, 11) is 0. The van der Waals surface area contributed by atoms with Gasteiger partial charge in [-0.25, -0.2) is 0 Å². The number of benzene rings is 1. The van der Waals surface area contributed by atoms with Crippen molar-refractivity contribution >= 4 is 5.69 Å². The Kier molecular flexibility index (Phi) is 5.01. The number of nitriles is 1. The number of alkyl halides is 3. The van der Waals surface area contributed by atoms with E-state index in [1.54, 1.807) is 6.07 Å². The number of hydrogen-bond acceptors (Lipinski definition) is 3. The lowest BCUT2D eigenvalue weighted by Crippen LogP contribution is -2.45. The topological polar surface area (TPSA) is 61.8 Å². The third kappa shape index (κ3) is 3.87. The molecule has 3 N–H and O–H groups in total. The summed E-state index contributed by atoms with van der Waals surface area (Å²) >= 11 is 0. The first-order valence-corrected chi connectivity index (χ1v) is 6.40. The van der Waals surface area contributed by atoms with E-state index < -0.39 is 17.3 Å². The highest BCUT2D eigenvalue weighted by Crippen LogP contribution is 2.31. The van der Waals surface area contributed by atoms with Crippen molar-refractivity contribution < 1.29 is 13.2 Å². The molecule has 0 heterocycles. The lowest BCUT2D eigenvalue weighted by atomic mass is 9.94. The van der Waals surface area contributed by atoms with E-state index in [0.717, 1.165) is 25.0 Å². The van der Waals surface area contributed by atoms with Gasteiger partial charge in [-0.05, 0) is 31.0 Å². The molecule has 0 bridgehead atoms. The molecular weight excluding hydrogens is 267 g/mol. The predicted octanol–water partition coefficient (Wildman–Crippen LogP) is 3.51. The van der Waals surface area contributed by atoms with Gasteiger partial charge >= 0.3 is 6.18 Å². The molecule has 0 spiro atoms. The zero-order valence-electron chi connectivity index (χ0n) is 11.5. The van der Waals surface area contributed by atoms with Crippen molar-refractivity contribution in [3.63, 3.8) is 0 Å². The molecule has 1 aromatic rings. The molecule has 0 saturated carbocycles. The fourth-order valence-corrected chi connectivity index (χ4v) is 1.74. The summed E-state index contributed by atoms with van der Waals surface area (Å²) in [4.78, 5) is 0. The minimum absolute atomic E-state index is 0.0330. The van der Waals surface area contributed by atoms with E-state index >= 15 is 0 Å². The monoisotopic (exact) mass is 285 g/mol. The molecule has 110 valence electrons. The standard InChI is InChI=1S/C14H18F3N3/c1-3-13(19,4-2)9-20-12-6-5-11(14(15,16)17)7-10(12)8-18/h5-7,20H,3-4,9,19H2,1-2H3. The fraction of sp³-hybridized carbons (Fsp3) is 0.500. The van der Waals surface area contributed by atoms with Gasteiger partial charge in [0.25, 0.3) is 0 Å². The Bertz CT molecular complexity index is 499. The van der Waals surface area contributed by atoms with Gasteiger partial charge in [0.2, 0.25) is 0 Å². The number of nitrogens with one attached hydrogen (secondary N) is 1. The Labute approximate surface area is 116 Å². The maximum absolute atomic E-state index is 12.6. The Balaban J connectivity index is 2.95. The summed E-state index contributed by atoms with van der Waals surface area (Å²) in [6.07, 6.45) is -2.98. The molecule has 0 aliphatic rings. The predicted molar refractivity (Wildman–Crippen MR) is 72.1 cm³/mol. The van der Waals surface area contributed by atoms with Crippen LogP contribution in [0.15, 0.2) is 18.2 Å². The molecule has 0 aliphatic carbocycles. The van der Waals surface area contributed by atoms with Crippen LogP contribution in [-0.4, -0.2) is 12.1 Å². The Morgan fingerprint density at radius 2 is 1.85 bits per heavy atom. The van der Waals surface area contributed by atoms with Crippen LogP contribution in [0.1, 0.15) is 37.8 Å². The molecule has 0 radical (unpaired) electrons. The average Bonchev–Trinajstić information content (AvgIpc) is 2.43. The quantitative estimate of drug-likeness (QED) is 0.870. The third-order valence-corrected chi connectivity index (χ3v) is 3.51. The van der Waals surface area contributed by atoms with E-state index in [1.807, 2.05) is 13.8 Å². The summed E-state index contributed by atoms with van der Waals surface area (Å²) in [5.74, 6) is 0. The highest BCUT2D eigenvalue weighted by molar-refractivity contribution is 5.59. The number of nitrogens with two attached hydrogens (primary N) is 1. The third-order valence-electron chi connectivity index (χ3n) is 3.51. The van der Waals surface area contributed by atoms with Crippen molar-refractivity contribution in [1.29, 1.82) is 5.26 Å². The number of halogens is 3. The minimum atomic E-state index is -4.45. The van der Waals surface area contributed by atoms with Crippen molar-refractivity contribution in [2.24, 2.45) is 5.73 Å². The van der Waals surface area contributed by atoms with Crippen LogP contribution in [-0.2, 0) is 6.18 Å². The molecule has 1 rings (SSSR count).